The van der Waals surface area contributed by atoms with Gasteiger partial charge in [0.05, 0.1) is 5.69 Å². The van der Waals surface area contributed by atoms with Crippen molar-refractivity contribution in [2.75, 3.05) is 4.90 Å². The van der Waals surface area contributed by atoms with Gasteiger partial charge in [-0.3, -0.25) is 19.2 Å². The van der Waals surface area contributed by atoms with Crippen molar-refractivity contribution in [3.05, 3.63) is 29.3 Å². The molecule has 0 radical (unpaired) electrons. The molecule has 0 bridgehead atoms. The number of benzene rings is 1. The fourth-order valence-electron chi connectivity index (χ4n) is 3.12. The molecule has 26 heavy (non-hydrogen) atoms. The summed E-state index contributed by atoms with van der Waals surface area (Å²) in [5.41, 5.74) is 1.90. The van der Waals surface area contributed by atoms with Crippen LogP contribution in [0.1, 0.15) is 38.8 Å². The number of amides is 4. The maximum Gasteiger partial charge on any atom is 0.277 e. The Kier molecular flexibility index (Phi) is 4.35. The van der Waals surface area contributed by atoms with Gasteiger partial charge < -0.3 is 5.32 Å². The maximum absolute atomic E-state index is 13.3. The zero-order chi connectivity index (χ0) is 19.2. The molecule has 0 fully saturated rings. The first-order chi connectivity index (χ1) is 12.2. The second-order valence-electron chi connectivity index (χ2n) is 6.03. The molecule has 0 unspecified atom stereocenters. The van der Waals surface area contributed by atoms with E-state index in [4.69, 9.17) is 0 Å². The molecule has 1 N–H and O–H groups in total. The third kappa shape index (κ3) is 2.50. The first-order valence-corrected chi connectivity index (χ1v) is 8.88. The number of nitrogens with one attached hydrogen (secondary N) is 1. The molecular weight excluding hydrogens is 356 g/mol. The van der Waals surface area contributed by atoms with Crippen LogP contribution in [0, 0.1) is 0 Å². The number of nitrogens with zero attached hydrogens (tertiary/aromatic N) is 3. The molecule has 1 spiro atoms. The summed E-state index contributed by atoms with van der Waals surface area (Å²) in [6.45, 7) is 5.86. The van der Waals surface area contributed by atoms with Gasteiger partial charge in [0.2, 0.25) is 22.6 Å². The van der Waals surface area contributed by atoms with E-state index in [0.29, 0.717) is 11.3 Å². The molecule has 0 saturated heterocycles. The zero-order valence-corrected chi connectivity index (χ0v) is 15.6. The highest BCUT2D eigenvalue weighted by molar-refractivity contribution is 8.15. The van der Waals surface area contributed by atoms with Crippen molar-refractivity contribution in [3.63, 3.8) is 0 Å². The van der Waals surface area contributed by atoms with Crippen LogP contribution >= 0.6 is 11.8 Å². The van der Waals surface area contributed by atoms with Gasteiger partial charge in [-0.25, -0.2) is 4.90 Å². The van der Waals surface area contributed by atoms with Gasteiger partial charge in [0, 0.05) is 26.3 Å². The molecule has 9 heteroatoms. The van der Waals surface area contributed by atoms with E-state index in [1.807, 2.05) is 19.1 Å². The Morgan fingerprint density at radius 1 is 1.19 bits per heavy atom. The number of hydrogen-bond acceptors (Lipinski definition) is 6. The van der Waals surface area contributed by atoms with Crippen LogP contribution in [0.15, 0.2) is 23.3 Å². The summed E-state index contributed by atoms with van der Waals surface area (Å²) in [7, 11) is 0. The van der Waals surface area contributed by atoms with Gasteiger partial charge in [-0.15, -0.1) is 5.10 Å². The average Bonchev–Trinajstić information content (AvgIpc) is 3.04. The number of hydrazone groups is 1. The number of amidine groups is 1. The third-order valence-corrected chi connectivity index (χ3v) is 5.44. The Balaban J connectivity index is 2.23. The molecule has 1 atom stereocenters. The Morgan fingerprint density at radius 2 is 1.88 bits per heavy atom. The predicted molar refractivity (Wildman–Crippen MR) is 97.0 cm³/mol. The molecule has 1 aromatic carbocycles. The Bertz CT molecular complexity index is 882. The van der Waals surface area contributed by atoms with E-state index in [1.165, 1.54) is 20.8 Å². The van der Waals surface area contributed by atoms with Crippen molar-refractivity contribution in [2.24, 2.45) is 5.10 Å². The molecule has 2 heterocycles. The van der Waals surface area contributed by atoms with Crippen molar-refractivity contribution < 1.29 is 19.2 Å². The van der Waals surface area contributed by atoms with Gasteiger partial charge in [-0.2, -0.15) is 5.01 Å². The van der Waals surface area contributed by atoms with Gasteiger partial charge >= 0.3 is 0 Å². The van der Waals surface area contributed by atoms with Gasteiger partial charge in [-0.1, -0.05) is 13.0 Å². The van der Waals surface area contributed by atoms with E-state index in [2.05, 4.69) is 10.4 Å². The highest BCUT2D eigenvalue weighted by atomic mass is 32.2. The van der Waals surface area contributed by atoms with Gasteiger partial charge in [0.25, 0.3) is 5.91 Å². The van der Waals surface area contributed by atoms with Crippen LogP contribution in [0.4, 0.5) is 5.69 Å². The monoisotopic (exact) mass is 374 g/mol. The normalized spacial score (nSPS) is 21.1. The summed E-state index contributed by atoms with van der Waals surface area (Å²) in [4.78, 5) is 48.6. The van der Waals surface area contributed by atoms with Crippen LogP contribution in [-0.4, -0.2) is 33.8 Å². The molecule has 4 amide bonds. The standard InChI is InChI=1S/C17H18N4O4S/c1-5-12-6-7-14-13(8-12)17(15(25)20(14)10(3)23)21(11(4)24)19-16(26-17)18-9(2)22/h6-8H,5H2,1-4H3,(H,18,19,22)/t17-/m1/s1. The van der Waals surface area contributed by atoms with Crippen LogP contribution in [0.25, 0.3) is 0 Å². The molecule has 0 aromatic heterocycles. The molecule has 136 valence electrons. The number of carbonyl (C=O) groups excluding carboxylic acids is 4. The van der Waals surface area contributed by atoms with E-state index in [0.717, 1.165) is 33.7 Å². The number of hydrogen-bond donors (Lipinski definition) is 1. The van der Waals surface area contributed by atoms with Gasteiger partial charge in [0.15, 0.2) is 5.17 Å². The molecular formula is C17H18N4O4S. The maximum atomic E-state index is 13.3. The fraction of sp³-hybridized carbons (Fsp3) is 0.353. The summed E-state index contributed by atoms with van der Waals surface area (Å²) in [5.74, 6) is -1.86. The second kappa shape index (κ2) is 6.24. The van der Waals surface area contributed by atoms with E-state index in [1.54, 1.807) is 6.07 Å². The number of imide groups is 1. The van der Waals surface area contributed by atoms with Gasteiger partial charge in [-0.05, 0) is 35.9 Å². The second-order valence-corrected chi connectivity index (χ2v) is 7.21. The van der Waals surface area contributed by atoms with Crippen LogP contribution in [0.5, 0.6) is 0 Å². The number of anilines is 1. The highest BCUT2D eigenvalue weighted by Gasteiger charge is 2.62. The number of aryl methyl sites for hydroxylation is 1. The third-order valence-electron chi connectivity index (χ3n) is 4.20. The SMILES string of the molecule is CCc1ccc2c(c1)[C@@]1(SC(NC(C)=O)=NN1C(C)=O)C(=O)N2C(C)=O. The molecule has 2 aliphatic rings. The number of fused-ring (bicyclic) bond motifs is 2. The van der Waals surface area contributed by atoms with Crippen molar-refractivity contribution in [1.29, 1.82) is 0 Å². The van der Waals surface area contributed by atoms with Crippen LogP contribution in [0.3, 0.4) is 0 Å². The lowest BCUT2D eigenvalue weighted by atomic mass is 10.0. The van der Waals surface area contributed by atoms with Gasteiger partial charge in [0.1, 0.15) is 0 Å². The van der Waals surface area contributed by atoms with Crippen molar-refractivity contribution in [1.82, 2.24) is 10.3 Å². The molecule has 2 aliphatic heterocycles. The van der Waals surface area contributed by atoms with E-state index >= 15 is 0 Å². The van der Waals surface area contributed by atoms with Crippen LogP contribution < -0.4 is 10.2 Å². The van der Waals surface area contributed by atoms with Crippen molar-refractivity contribution >= 4 is 46.2 Å². The number of thioether (sulfide) groups is 1. The lowest BCUT2D eigenvalue weighted by molar-refractivity contribution is -0.140. The average molecular weight is 374 g/mol. The van der Waals surface area contributed by atoms with E-state index in [-0.39, 0.29) is 11.1 Å². The lowest BCUT2D eigenvalue weighted by Gasteiger charge is -2.29. The summed E-state index contributed by atoms with van der Waals surface area (Å²) < 4.78 is 0. The minimum atomic E-state index is -1.53. The van der Waals surface area contributed by atoms with Crippen molar-refractivity contribution in [2.45, 2.75) is 39.0 Å². The number of rotatable bonds is 1. The Hall–Kier alpha value is -2.68. The molecule has 0 saturated carbocycles. The summed E-state index contributed by atoms with van der Waals surface area (Å²) in [6, 6.07) is 5.36. The molecule has 3 rings (SSSR count). The highest BCUT2D eigenvalue weighted by Crippen LogP contribution is 2.54. The Morgan fingerprint density at radius 3 is 2.42 bits per heavy atom. The molecule has 8 nitrogen and oxygen atoms in total. The molecule has 0 aliphatic carbocycles. The summed E-state index contributed by atoms with van der Waals surface area (Å²) in [6.07, 6.45) is 0.724. The first-order valence-electron chi connectivity index (χ1n) is 8.07. The topological polar surface area (TPSA) is 99.2 Å². The Labute approximate surface area is 154 Å². The van der Waals surface area contributed by atoms with Crippen molar-refractivity contribution in [3.8, 4) is 0 Å². The predicted octanol–water partition coefficient (Wildman–Crippen LogP) is 1.30. The minimum Gasteiger partial charge on any atom is -0.304 e. The van der Waals surface area contributed by atoms with Crippen LogP contribution in [-0.2, 0) is 30.5 Å². The fourth-order valence-corrected chi connectivity index (χ4v) is 4.42. The lowest BCUT2D eigenvalue weighted by Crippen LogP contribution is -2.49. The minimum absolute atomic E-state index is 0.138. The summed E-state index contributed by atoms with van der Waals surface area (Å²) >= 11 is 0.956. The summed E-state index contributed by atoms with van der Waals surface area (Å²) in [5, 5.41) is 7.85. The van der Waals surface area contributed by atoms with E-state index in [9.17, 15) is 19.2 Å². The largest absolute Gasteiger partial charge is 0.304 e. The first kappa shape index (κ1) is 18.1. The molecule has 1 aromatic rings. The smallest absolute Gasteiger partial charge is 0.277 e. The van der Waals surface area contributed by atoms with Crippen LogP contribution in [0.2, 0.25) is 0 Å². The zero-order valence-electron chi connectivity index (χ0n) is 14.8. The van der Waals surface area contributed by atoms with E-state index < -0.39 is 22.6 Å². The quantitative estimate of drug-likeness (QED) is 0.799. The number of carbonyl (C=O) groups is 4.